The van der Waals surface area contributed by atoms with Gasteiger partial charge in [-0.05, 0) is 48.2 Å². The Bertz CT molecular complexity index is 745. The highest BCUT2D eigenvalue weighted by Gasteiger charge is 2.23. The molecule has 0 amide bonds. The average Bonchev–Trinajstić information content (AvgIpc) is 3.02. The number of aromatic amines is 1. The molecule has 1 aliphatic rings. The van der Waals surface area contributed by atoms with Crippen molar-refractivity contribution in [2.45, 2.75) is 18.9 Å². The van der Waals surface area contributed by atoms with Crippen molar-refractivity contribution in [1.29, 1.82) is 0 Å². The van der Waals surface area contributed by atoms with E-state index in [2.05, 4.69) is 27.4 Å². The SMILES string of the molecule is Clc1ccc2c(c1)CCC2Nc1nc2ccccc2[nH]1. The van der Waals surface area contributed by atoms with Crippen LogP contribution in [0.3, 0.4) is 0 Å². The first kappa shape index (κ1) is 11.8. The first-order valence-corrected chi connectivity index (χ1v) is 7.17. The molecule has 3 nitrogen and oxygen atoms in total. The molecule has 0 fully saturated rings. The summed E-state index contributed by atoms with van der Waals surface area (Å²) < 4.78 is 0. The van der Waals surface area contributed by atoms with Crippen molar-refractivity contribution in [3.8, 4) is 0 Å². The van der Waals surface area contributed by atoms with Gasteiger partial charge in [-0.1, -0.05) is 29.8 Å². The van der Waals surface area contributed by atoms with Crippen molar-refractivity contribution >= 4 is 28.6 Å². The van der Waals surface area contributed by atoms with E-state index in [1.807, 2.05) is 30.3 Å². The summed E-state index contributed by atoms with van der Waals surface area (Å²) in [4.78, 5) is 7.89. The van der Waals surface area contributed by atoms with Gasteiger partial charge in [-0.2, -0.15) is 0 Å². The zero-order valence-electron chi connectivity index (χ0n) is 10.9. The van der Waals surface area contributed by atoms with Crippen LogP contribution in [0.4, 0.5) is 5.95 Å². The zero-order valence-corrected chi connectivity index (χ0v) is 11.6. The molecule has 0 aliphatic heterocycles. The van der Waals surface area contributed by atoms with Crippen LogP contribution < -0.4 is 5.32 Å². The van der Waals surface area contributed by atoms with Gasteiger partial charge in [0.05, 0.1) is 17.1 Å². The fourth-order valence-electron chi connectivity index (χ4n) is 2.92. The van der Waals surface area contributed by atoms with Gasteiger partial charge < -0.3 is 10.3 Å². The third kappa shape index (κ3) is 1.95. The fourth-order valence-corrected chi connectivity index (χ4v) is 3.12. The number of para-hydroxylation sites is 2. The van der Waals surface area contributed by atoms with E-state index < -0.39 is 0 Å². The van der Waals surface area contributed by atoms with Crippen molar-refractivity contribution in [2.24, 2.45) is 0 Å². The Labute approximate surface area is 122 Å². The summed E-state index contributed by atoms with van der Waals surface area (Å²) in [5, 5.41) is 4.31. The molecule has 100 valence electrons. The highest BCUT2D eigenvalue weighted by Crippen LogP contribution is 2.35. The maximum Gasteiger partial charge on any atom is 0.201 e. The van der Waals surface area contributed by atoms with E-state index in [0.717, 1.165) is 34.8 Å². The molecule has 0 radical (unpaired) electrons. The number of fused-ring (bicyclic) bond motifs is 2. The second-order valence-electron chi connectivity index (χ2n) is 5.18. The van der Waals surface area contributed by atoms with Gasteiger partial charge in [-0.15, -0.1) is 0 Å². The number of hydrogen-bond donors (Lipinski definition) is 2. The number of benzene rings is 2. The van der Waals surface area contributed by atoms with Crippen molar-refractivity contribution in [3.63, 3.8) is 0 Å². The van der Waals surface area contributed by atoms with Crippen LogP contribution in [0.2, 0.25) is 5.02 Å². The summed E-state index contributed by atoms with van der Waals surface area (Å²) >= 11 is 6.05. The summed E-state index contributed by atoms with van der Waals surface area (Å²) in [7, 11) is 0. The van der Waals surface area contributed by atoms with Crippen LogP contribution in [0.5, 0.6) is 0 Å². The molecule has 3 aromatic rings. The summed E-state index contributed by atoms with van der Waals surface area (Å²) in [6, 6.07) is 14.5. The molecule has 4 heteroatoms. The van der Waals surface area contributed by atoms with Gasteiger partial charge in [0.2, 0.25) is 5.95 Å². The Morgan fingerprint density at radius 2 is 2.10 bits per heavy atom. The standard InChI is InChI=1S/C16H14ClN3/c17-11-6-7-12-10(9-11)5-8-13(12)18-16-19-14-3-1-2-4-15(14)20-16/h1-4,6-7,9,13H,5,8H2,(H2,18,19,20). The molecule has 1 unspecified atom stereocenters. The van der Waals surface area contributed by atoms with Crippen LogP contribution in [0.1, 0.15) is 23.6 Å². The van der Waals surface area contributed by atoms with Crippen molar-refractivity contribution in [2.75, 3.05) is 5.32 Å². The predicted octanol–water partition coefficient (Wildman–Crippen LogP) is 4.32. The van der Waals surface area contributed by atoms with Gasteiger partial charge in [0.25, 0.3) is 0 Å². The number of anilines is 1. The van der Waals surface area contributed by atoms with Gasteiger partial charge in [0.15, 0.2) is 0 Å². The summed E-state index contributed by atoms with van der Waals surface area (Å²) in [5.74, 6) is 0.832. The molecule has 2 aromatic carbocycles. The Hall–Kier alpha value is -2.00. The van der Waals surface area contributed by atoms with E-state index in [9.17, 15) is 0 Å². The van der Waals surface area contributed by atoms with E-state index in [0.29, 0.717) is 6.04 Å². The maximum absolute atomic E-state index is 6.05. The minimum absolute atomic E-state index is 0.308. The topological polar surface area (TPSA) is 40.7 Å². The predicted molar refractivity (Wildman–Crippen MR) is 82.2 cm³/mol. The molecule has 1 atom stereocenters. The van der Waals surface area contributed by atoms with Crippen molar-refractivity contribution < 1.29 is 0 Å². The highest BCUT2D eigenvalue weighted by molar-refractivity contribution is 6.30. The Kier molecular flexibility index (Phi) is 2.67. The van der Waals surface area contributed by atoms with Crippen LogP contribution >= 0.6 is 11.6 Å². The lowest BCUT2D eigenvalue weighted by atomic mass is 10.1. The van der Waals surface area contributed by atoms with Crippen LogP contribution in [0, 0.1) is 0 Å². The van der Waals surface area contributed by atoms with E-state index in [1.54, 1.807) is 0 Å². The smallest absolute Gasteiger partial charge is 0.201 e. The first-order valence-electron chi connectivity index (χ1n) is 6.79. The Morgan fingerprint density at radius 3 is 3.00 bits per heavy atom. The molecule has 0 bridgehead atoms. The molecule has 0 saturated carbocycles. The number of imidazole rings is 1. The highest BCUT2D eigenvalue weighted by atomic mass is 35.5. The van der Waals surface area contributed by atoms with Gasteiger partial charge in [-0.3, -0.25) is 0 Å². The van der Waals surface area contributed by atoms with Gasteiger partial charge in [0.1, 0.15) is 0 Å². The molecule has 1 aromatic heterocycles. The van der Waals surface area contributed by atoms with Crippen LogP contribution in [0.25, 0.3) is 11.0 Å². The zero-order chi connectivity index (χ0) is 13.5. The molecule has 2 N–H and O–H groups in total. The average molecular weight is 284 g/mol. The molecule has 0 saturated heterocycles. The van der Waals surface area contributed by atoms with Crippen LogP contribution in [0.15, 0.2) is 42.5 Å². The summed E-state index contributed by atoms with van der Waals surface area (Å²) in [6.07, 6.45) is 2.14. The minimum Gasteiger partial charge on any atom is -0.349 e. The van der Waals surface area contributed by atoms with Crippen molar-refractivity contribution in [1.82, 2.24) is 9.97 Å². The summed E-state index contributed by atoms with van der Waals surface area (Å²) in [5.41, 5.74) is 4.72. The molecule has 20 heavy (non-hydrogen) atoms. The molecule has 1 aliphatic carbocycles. The normalized spacial score (nSPS) is 17.4. The number of hydrogen-bond acceptors (Lipinski definition) is 2. The lowest BCUT2D eigenvalue weighted by Crippen LogP contribution is -2.08. The second kappa shape index (κ2) is 4.53. The molecular formula is C16H14ClN3. The first-order chi connectivity index (χ1) is 9.79. The van der Waals surface area contributed by atoms with E-state index >= 15 is 0 Å². The van der Waals surface area contributed by atoms with Gasteiger partial charge in [-0.25, -0.2) is 4.98 Å². The fraction of sp³-hybridized carbons (Fsp3) is 0.188. The maximum atomic E-state index is 6.05. The van der Waals surface area contributed by atoms with E-state index in [4.69, 9.17) is 11.6 Å². The molecule has 4 rings (SSSR count). The molecule has 0 spiro atoms. The third-order valence-electron chi connectivity index (χ3n) is 3.88. The molecule has 1 heterocycles. The second-order valence-corrected chi connectivity index (χ2v) is 5.62. The number of rotatable bonds is 2. The quantitative estimate of drug-likeness (QED) is 0.735. The molecular weight excluding hydrogens is 270 g/mol. The van der Waals surface area contributed by atoms with Gasteiger partial charge >= 0.3 is 0 Å². The number of halogens is 1. The van der Waals surface area contributed by atoms with Gasteiger partial charge in [0, 0.05) is 5.02 Å². The summed E-state index contributed by atoms with van der Waals surface area (Å²) in [6.45, 7) is 0. The largest absolute Gasteiger partial charge is 0.349 e. The van der Waals surface area contributed by atoms with Crippen LogP contribution in [-0.2, 0) is 6.42 Å². The number of aromatic nitrogens is 2. The number of aryl methyl sites for hydroxylation is 1. The van der Waals surface area contributed by atoms with E-state index in [1.165, 1.54) is 11.1 Å². The minimum atomic E-state index is 0.308. The monoisotopic (exact) mass is 283 g/mol. The number of H-pyrrole nitrogens is 1. The van der Waals surface area contributed by atoms with Crippen molar-refractivity contribution in [3.05, 3.63) is 58.6 Å². The number of nitrogens with zero attached hydrogens (tertiary/aromatic N) is 1. The lowest BCUT2D eigenvalue weighted by molar-refractivity contribution is 0.754. The lowest BCUT2D eigenvalue weighted by Gasteiger charge is -2.13. The Balaban J connectivity index is 1.64. The van der Waals surface area contributed by atoms with Crippen LogP contribution in [-0.4, -0.2) is 9.97 Å². The number of nitrogens with one attached hydrogen (secondary N) is 2. The third-order valence-corrected chi connectivity index (χ3v) is 4.12. The van der Waals surface area contributed by atoms with E-state index in [-0.39, 0.29) is 0 Å². The Morgan fingerprint density at radius 1 is 1.20 bits per heavy atom.